The Morgan fingerprint density at radius 2 is 1.57 bits per heavy atom. The Morgan fingerprint density at radius 1 is 1.14 bits per heavy atom. The molecule has 0 aromatic carbocycles. The third kappa shape index (κ3) is 7.90. The smallest absolute Gasteiger partial charge is 0.407 e. The molecule has 0 saturated heterocycles. The van der Waals surface area contributed by atoms with Crippen molar-refractivity contribution in [3.8, 4) is 0 Å². The summed E-state index contributed by atoms with van der Waals surface area (Å²) in [5.41, 5.74) is 0. The molecule has 1 saturated carbocycles. The Morgan fingerprint density at radius 3 is 1.93 bits per heavy atom. The van der Waals surface area contributed by atoms with Crippen molar-refractivity contribution in [2.24, 2.45) is 0 Å². The van der Waals surface area contributed by atoms with E-state index < -0.39 is 0 Å². The minimum absolute atomic E-state index is 0.181. The van der Waals surface area contributed by atoms with Crippen LogP contribution in [0.3, 0.4) is 0 Å². The van der Waals surface area contributed by atoms with Crippen LogP contribution >= 0.6 is 0 Å². The van der Waals surface area contributed by atoms with Gasteiger partial charge in [0.05, 0.1) is 0 Å². The van der Waals surface area contributed by atoms with E-state index in [1.54, 1.807) is 7.05 Å². The maximum absolute atomic E-state index is 10.6. The van der Waals surface area contributed by atoms with E-state index in [2.05, 4.69) is 5.32 Å². The molecule has 3 heteroatoms. The van der Waals surface area contributed by atoms with Crippen molar-refractivity contribution in [3.05, 3.63) is 0 Å². The molecule has 86 valence electrons. The fraction of sp³-hybridized carbons (Fsp3) is 0.909. The number of ether oxygens (including phenoxy) is 1. The molecule has 0 atom stereocenters. The van der Waals surface area contributed by atoms with Crippen LogP contribution < -0.4 is 5.32 Å². The minimum Gasteiger partial charge on any atom is -0.446 e. The molecule has 0 bridgehead atoms. The third-order valence-electron chi connectivity index (χ3n) is 1.78. The Hall–Kier alpha value is -0.730. The number of nitrogens with one attached hydrogen (secondary N) is 1. The zero-order valence-corrected chi connectivity index (χ0v) is 10.2. The minimum atomic E-state index is -0.299. The normalized spacial score (nSPS) is 14.4. The van der Waals surface area contributed by atoms with E-state index in [4.69, 9.17) is 4.74 Å². The van der Waals surface area contributed by atoms with Gasteiger partial charge in [-0.3, -0.25) is 0 Å². The second-order valence-corrected chi connectivity index (χ2v) is 2.56. The van der Waals surface area contributed by atoms with E-state index in [9.17, 15) is 4.79 Å². The van der Waals surface area contributed by atoms with Crippen LogP contribution in [0.25, 0.3) is 0 Å². The molecular weight excluding hydrogens is 178 g/mol. The maximum atomic E-state index is 10.6. The molecule has 1 amide bonds. The molecule has 3 nitrogen and oxygen atoms in total. The highest BCUT2D eigenvalue weighted by Gasteiger charge is 2.17. The second kappa shape index (κ2) is 12.3. The molecule has 1 N–H and O–H groups in total. The number of rotatable bonds is 1. The fourth-order valence-electron chi connectivity index (χ4n) is 1.22. The largest absolute Gasteiger partial charge is 0.446 e. The summed E-state index contributed by atoms with van der Waals surface area (Å²) in [4.78, 5) is 10.6. The summed E-state index contributed by atoms with van der Waals surface area (Å²) >= 11 is 0. The van der Waals surface area contributed by atoms with Crippen LogP contribution in [0.1, 0.15) is 53.4 Å². The molecule has 1 aliphatic carbocycles. The Bertz CT molecular complexity index is 120. The molecular formula is C11H25NO2. The summed E-state index contributed by atoms with van der Waals surface area (Å²) < 4.78 is 5.01. The molecule has 14 heavy (non-hydrogen) atoms. The lowest BCUT2D eigenvalue weighted by atomic mass is 10.3. The predicted molar refractivity (Wildman–Crippen MR) is 60.5 cm³/mol. The van der Waals surface area contributed by atoms with Crippen molar-refractivity contribution in [1.29, 1.82) is 0 Å². The summed E-state index contributed by atoms with van der Waals surface area (Å²) in [6.07, 6.45) is 4.34. The molecule has 0 spiro atoms. The molecule has 1 aliphatic rings. The van der Waals surface area contributed by atoms with Crippen molar-refractivity contribution in [2.45, 2.75) is 59.5 Å². The number of hydrogen-bond donors (Lipinski definition) is 1. The van der Waals surface area contributed by atoms with E-state index in [0.717, 1.165) is 12.8 Å². The van der Waals surface area contributed by atoms with Gasteiger partial charge in [-0.25, -0.2) is 4.79 Å². The number of alkyl carbamates (subject to hydrolysis) is 1. The van der Waals surface area contributed by atoms with E-state index in [0.29, 0.717) is 0 Å². The summed E-state index contributed by atoms with van der Waals surface area (Å²) in [6, 6.07) is 0. The molecule has 0 aromatic rings. The van der Waals surface area contributed by atoms with Crippen molar-refractivity contribution in [3.63, 3.8) is 0 Å². The van der Waals surface area contributed by atoms with E-state index in [1.165, 1.54) is 12.8 Å². The number of carbonyl (C=O) groups is 1. The van der Waals surface area contributed by atoms with Crippen molar-refractivity contribution < 1.29 is 9.53 Å². The monoisotopic (exact) mass is 203 g/mol. The van der Waals surface area contributed by atoms with Gasteiger partial charge in [0.25, 0.3) is 0 Å². The van der Waals surface area contributed by atoms with Gasteiger partial charge in [0.1, 0.15) is 6.10 Å². The third-order valence-corrected chi connectivity index (χ3v) is 1.78. The predicted octanol–water partition coefficient (Wildman–Crippen LogP) is 3.34. The van der Waals surface area contributed by atoms with Gasteiger partial charge in [-0.15, -0.1) is 0 Å². The Labute approximate surface area is 88.2 Å². The van der Waals surface area contributed by atoms with Crippen molar-refractivity contribution >= 4 is 6.09 Å². The van der Waals surface area contributed by atoms with Gasteiger partial charge < -0.3 is 10.1 Å². The first kappa shape index (κ1) is 15.7. The van der Waals surface area contributed by atoms with Gasteiger partial charge in [-0.1, -0.05) is 27.7 Å². The first-order valence-electron chi connectivity index (χ1n) is 5.71. The fourth-order valence-corrected chi connectivity index (χ4v) is 1.22. The number of hydrogen-bond acceptors (Lipinski definition) is 2. The molecule has 0 aliphatic heterocycles. The van der Waals surface area contributed by atoms with Gasteiger partial charge in [-0.05, 0) is 25.7 Å². The van der Waals surface area contributed by atoms with Gasteiger partial charge in [0, 0.05) is 7.05 Å². The lowest BCUT2D eigenvalue weighted by Crippen LogP contribution is -2.24. The van der Waals surface area contributed by atoms with Crippen LogP contribution in [0.15, 0.2) is 0 Å². The van der Waals surface area contributed by atoms with Gasteiger partial charge >= 0.3 is 6.09 Å². The molecule has 0 heterocycles. The highest BCUT2D eigenvalue weighted by Crippen LogP contribution is 2.20. The van der Waals surface area contributed by atoms with Crippen LogP contribution in [0, 0.1) is 0 Å². The highest BCUT2D eigenvalue weighted by atomic mass is 16.6. The zero-order valence-electron chi connectivity index (χ0n) is 10.2. The van der Waals surface area contributed by atoms with Crippen LogP contribution in [0.4, 0.5) is 4.79 Å². The van der Waals surface area contributed by atoms with Gasteiger partial charge in [-0.2, -0.15) is 0 Å². The number of carbonyl (C=O) groups excluding carboxylic acids is 1. The standard InChI is InChI=1S/C7H13NO2.2C2H6/c1-8-7(9)10-6-4-2-3-5-6;2*1-2/h6H,2-5H2,1H3,(H,8,9);2*1-2H3. The molecule has 0 radical (unpaired) electrons. The Kier molecular flexibility index (Phi) is 13.8. The van der Waals surface area contributed by atoms with Crippen molar-refractivity contribution in [1.82, 2.24) is 5.32 Å². The molecule has 1 rings (SSSR count). The Balaban J connectivity index is 0. The van der Waals surface area contributed by atoms with Crippen LogP contribution in [-0.2, 0) is 4.74 Å². The zero-order chi connectivity index (χ0) is 11.4. The molecule has 0 unspecified atom stereocenters. The maximum Gasteiger partial charge on any atom is 0.407 e. The van der Waals surface area contributed by atoms with Crippen LogP contribution in [-0.4, -0.2) is 19.2 Å². The first-order valence-corrected chi connectivity index (χ1v) is 5.71. The quantitative estimate of drug-likeness (QED) is 0.709. The van der Waals surface area contributed by atoms with Gasteiger partial charge in [0.2, 0.25) is 0 Å². The first-order chi connectivity index (χ1) is 6.83. The lowest BCUT2D eigenvalue weighted by Gasteiger charge is -2.09. The van der Waals surface area contributed by atoms with Crippen molar-refractivity contribution in [2.75, 3.05) is 7.05 Å². The van der Waals surface area contributed by atoms with E-state index in [-0.39, 0.29) is 12.2 Å². The SMILES string of the molecule is CC.CC.CNC(=O)OC1CCCC1. The summed E-state index contributed by atoms with van der Waals surface area (Å²) in [6.45, 7) is 8.00. The lowest BCUT2D eigenvalue weighted by molar-refractivity contribution is 0.103. The topological polar surface area (TPSA) is 38.3 Å². The summed E-state index contributed by atoms with van der Waals surface area (Å²) in [7, 11) is 1.58. The van der Waals surface area contributed by atoms with Crippen LogP contribution in [0.2, 0.25) is 0 Å². The highest BCUT2D eigenvalue weighted by molar-refractivity contribution is 5.66. The van der Waals surface area contributed by atoms with E-state index in [1.807, 2.05) is 27.7 Å². The summed E-state index contributed by atoms with van der Waals surface area (Å²) in [5.74, 6) is 0. The van der Waals surface area contributed by atoms with Crippen LogP contribution in [0.5, 0.6) is 0 Å². The summed E-state index contributed by atoms with van der Waals surface area (Å²) in [5, 5.41) is 2.43. The second-order valence-electron chi connectivity index (χ2n) is 2.56. The molecule has 1 fully saturated rings. The van der Waals surface area contributed by atoms with E-state index >= 15 is 0 Å². The van der Waals surface area contributed by atoms with Gasteiger partial charge in [0.15, 0.2) is 0 Å². The average Bonchev–Trinajstić information content (AvgIpc) is 2.76. The average molecular weight is 203 g/mol. The number of amides is 1. The molecule has 0 aromatic heterocycles.